The van der Waals surface area contributed by atoms with Crippen molar-refractivity contribution in [2.75, 3.05) is 0 Å². The minimum atomic E-state index is 0.185. The summed E-state index contributed by atoms with van der Waals surface area (Å²) in [4.78, 5) is 16.9. The molecule has 1 saturated carbocycles. The number of aromatic nitrogens is 2. The molecule has 1 aromatic carbocycles. The smallest absolute Gasteiger partial charge is 0.267 e. The number of carbonyl (C=O) groups excluding carboxylic acids is 1. The molecule has 3 nitrogen and oxygen atoms in total. The lowest BCUT2D eigenvalue weighted by Crippen LogP contribution is -2.42. The number of carbonyl (C=O) groups is 1. The average molecular weight is 281 g/mol. The molecule has 0 radical (unpaired) electrons. The highest BCUT2D eigenvalue weighted by Gasteiger charge is 2.29. The van der Waals surface area contributed by atoms with Crippen LogP contribution >= 0.6 is 0 Å². The normalized spacial score (nSPS) is 15.8. The fourth-order valence-electron chi connectivity index (χ4n) is 3.08. The van der Waals surface area contributed by atoms with Gasteiger partial charge in [-0.2, -0.15) is 4.57 Å². The van der Waals surface area contributed by atoms with Crippen LogP contribution in [-0.4, -0.2) is 10.8 Å². The molecule has 0 bridgehead atoms. The van der Waals surface area contributed by atoms with Crippen LogP contribution < -0.4 is 4.57 Å². The molecule has 0 saturated heterocycles. The second-order valence-corrected chi connectivity index (χ2v) is 5.77. The zero-order valence-electron chi connectivity index (χ0n) is 12.2. The van der Waals surface area contributed by atoms with Gasteiger partial charge < -0.3 is 0 Å². The molecule has 1 aliphatic rings. The Balaban J connectivity index is 1.83. The van der Waals surface area contributed by atoms with E-state index >= 15 is 0 Å². The first kappa shape index (κ1) is 13.9. The number of rotatable bonds is 4. The molecule has 1 aliphatic carbocycles. The number of nitrogens with zero attached hydrogens (tertiary/aromatic N) is 2. The van der Waals surface area contributed by atoms with E-state index in [2.05, 4.69) is 17.1 Å². The Hall–Kier alpha value is -2.03. The Labute approximate surface area is 125 Å². The molecule has 0 amide bonds. The van der Waals surface area contributed by atoms with Crippen molar-refractivity contribution < 1.29 is 9.36 Å². The van der Waals surface area contributed by atoms with Gasteiger partial charge >= 0.3 is 0 Å². The summed E-state index contributed by atoms with van der Waals surface area (Å²) in [6.07, 6.45) is 11.0. The van der Waals surface area contributed by atoms with Gasteiger partial charge in [0.1, 0.15) is 6.20 Å². The highest BCUT2D eigenvalue weighted by Crippen LogP contribution is 2.25. The lowest BCUT2D eigenvalue weighted by Gasteiger charge is -2.19. The topological polar surface area (TPSA) is 33.8 Å². The van der Waals surface area contributed by atoms with Crippen molar-refractivity contribution in [1.29, 1.82) is 0 Å². The minimum absolute atomic E-state index is 0.185. The molecule has 1 aromatic heterocycles. The van der Waals surface area contributed by atoms with Gasteiger partial charge in [0.05, 0.1) is 6.20 Å². The van der Waals surface area contributed by atoms with Gasteiger partial charge in [0, 0.05) is 11.5 Å². The van der Waals surface area contributed by atoms with Gasteiger partial charge in [-0.15, -0.1) is 0 Å². The van der Waals surface area contributed by atoms with Crippen molar-refractivity contribution in [3.05, 3.63) is 60.2 Å². The van der Waals surface area contributed by atoms with E-state index < -0.39 is 0 Å². The van der Waals surface area contributed by atoms with Crippen molar-refractivity contribution in [3.8, 4) is 0 Å². The van der Waals surface area contributed by atoms with Gasteiger partial charge in [0.2, 0.25) is 5.78 Å². The van der Waals surface area contributed by atoms with Gasteiger partial charge in [-0.25, -0.2) is 0 Å². The third-order valence-corrected chi connectivity index (χ3v) is 4.26. The quantitative estimate of drug-likeness (QED) is 0.637. The van der Waals surface area contributed by atoms with Crippen LogP contribution in [0.4, 0.5) is 0 Å². The number of hydrogen-bond donors (Lipinski definition) is 0. The average Bonchev–Trinajstić information content (AvgIpc) is 2.56. The molecule has 0 aliphatic heterocycles. The van der Waals surface area contributed by atoms with Crippen LogP contribution in [0.15, 0.2) is 48.9 Å². The maximum atomic E-state index is 12.7. The molecule has 108 valence electrons. The van der Waals surface area contributed by atoms with Crippen molar-refractivity contribution in [3.63, 3.8) is 0 Å². The summed E-state index contributed by atoms with van der Waals surface area (Å²) >= 11 is 0. The molecule has 2 aromatic rings. The predicted molar refractivity (Wildman–Crippen MR) is 80.9 cm³/mol. The first-order chi connectivity index (χ1) is 10.3. The molecule has 3 rings (SSSR count). The minimum Gasteiger partial charge on any atom is -0.287 e. The van der Waals surface area contributed by atoms with E-state index in [1.165, 1.54) is 24.8 Å². The first-order valence-corrected chi connectivity index (χ1v) is 7.76. The van der Waals surface area contributed by atoms with Gasteiger partial charge in [-0.05, 0) is 12.8 Å². The lowest BCUT2D eigenvalue weighted by atomic mass is 9.85. The van der Waals surface area contributed by atoms with E-state index in [0.717, 1.165) is 25.1 Å². The molecule has 3 heteroatoms. The molecule has 0 N–H and O–H groups in total. The summed E-state index contributed by atoms with van der Waals surface area (Å²) in [7, 11) is 0. The molecule has 0 unspecified atom stereocenters. The van der Waals surface area contributed by atoms with Gasteiger partial charge in [0.15, 0.2) is 12.7 Å². The second-order valence-electron chi connectivity index (χ2n) is 5.77. The second kappa shape index (κ2) is 6.61. The molecule has 0 spiro atoms. The van der Waals surface area contributed by atoms with E-state index in [9.17, 15) is 4.79 Å². The van der Waals surface area contributed by atoms with Crippen molar-refractivity contribution >= 4 is 5.78 Å². The maximum Gasteiger partial charge on any atom is 0.267 e. The molecular weight excluding hydrogens is 260 g/mol. The zero-order chi connectivity index (χ0) is 14.5. The van der Waals surface area contributed by atoms with E-state index in [1.807, 2.05) is 29.0 Å². The first-order valence-electron chi connectivity index (χ1n) is 7.76. The van der Waals surface area contributed by atoms with Crippen LogP contribution in [0.2, 0.25) is 0 Å². The van der Waals surface area contributed by atoms with Crippen molar-refractivity contribution in [1.82, 2.24) is 4.98 Å². The summed E-state index contributed by atoms with van der Waals surface area (Å²) < 4.78 is 2.03. The van der Waals surface area contributed by atoms with Crippen LogP contribution in [0.3, 0.4) is 0 Å². The number of hydrogen-bond acceptors (Lipinski definition) is 2. The predicted octanol–water partition coefficient (Wildman–Crippen LogP) is 3.18. The zero-order valence-corrected chi connectivity index (χ0v) is 12.2. The van der Waals surface area contributed by atoms with E-state index in [1.54, 1.807) is 12.4 Å². The van der Waals surface area contributed by atoms with Crippen LogP contribution in [0, 0.1) is 5.92 Å². The van der Waals surface area contributed by atoms with Gasteiger partial charge in [-0.1, -0.05) is 49.6 Å². The van der Waals surface area contributed by atoms with Crippen molar-refractivity contribution in [2.24, 2.45) is 5.92 Å². The van der Waals surface area contributed by atoms with E-state index in [-0.39, 0.29) is 11.7 Å². The molecule has 1 heterocycles. The summed E-state index contributed by atoms with van der Waals surface area (Å²) in [6, 6.07) is 10.2. The summed E-state index contributed by atoms with van der Waals surface area (Å²) in [5, 5.41) is 0. The number of ketones is 1. The standard InChI is InChI=1S/C18H21N2O/c21-18(16-9-5-2-6-10-16)17-13-19-11-12-20(17)14-15-7-3-1-4-8-15/h1,3-4,7-8,11-13,16H,2,5-6,9-10,14H2/q+1. The van der Waals surface area contributed by atoms with Crippen LogP contribution in [0.25, 0.3) is 0 Å². The SMILES string of the molecule is O=C(c1cncc[n+]1Cc1ccccc1)C1CCCCC1. The van der Waals surface area contributed by atoms with E-state index in [4.69, 9.17) is 0 Å². The fourth-order valence-corrected chi connectivity index (χ4v) is 3.08. The molecule has 21 heavy (non-hydrogen) atoms. The summed E-state index contributed by atoms with van der Waals surface area (Å²) in [6.45, 7) is 0.719. The monoisotopic (exact) mass is 281 g/mol. The summed E-state index contributed by atoms with van der Waals surface area (Å²) in [5.74, 6) is 0.448. The Kier molecular flexibility index (Phi) is 4.39. The number of benzene rings is 1. The van der Waals surface area contributed by atoms with E-state index in [0.29, 0.717) is 0 Å². The third kappa shape index (κ3) is 3.35. The molecule has 0 atom stereocenters. The van der Waals surface area contributed by atoms with Crippen LogP contribution in [-0.2, 0) is 6.54 Å². The Morgan fingerprint density at radius 1 is 1.14 bits per heavy atom. The van der Waals surface area contributed by atoms with Crippen LogP contribution in [0.1, 0.15) is 48.2 Å². The molecule has 1 fully saturated rings. The maximum absolute atomic E-state index is 12.7. The highest BCUT2D eigenvalue weighted by molar-refractivity contribution is 5.94. The third-order valence-electron chi connectivity index (χ3n) is 4.26. The fraction of sp³-hybridized carbons (Fsp3) is 0.389. The lowest BCUT2D eigenvalue weighted by molar-refractivity contribution is -0.690. The summed E-state index contributed by atoms with van der Waals surface area (Å²) in [5.41, 5.74) is 1.94. The largest absolute Gasteiger partial charge is 0.287 e. The Bertz CT molecular complexity index is 604. The van der Waals surface area contributed by atoms with Gasteiger partial charge in [0.25, 0.3) is 5.69 Å². The van der Waals surface area contributed by atoms with Crippen LogP contribution in [0.5, 0.6) is 0 Å². The Morgan fingerprint density at radius 2 is 1.90 bits per heavy atom. The highest BCUT2D eigenvalue weighted by atomic mass is 16.1. The Morgan fingerprint density at radius 3 is 2.67 bits per heavy atom. The number of Topliss-reactive ketones (excluding diaryl/α,β-unsaturated/α-hetero) is 1. The van der Waals surface area contributed by atoms with Gasteiger partial charge in [-0.3, -0.25) is 9.78 Å². The van der Waals surface area contributed by atoms with Crippen molar-refractivity contribution in [2.45, 2.75) is 38.6 Å². The molecular formula is C18H21N2O+.